The molecule has 4 rings (SSSR count). The van der Waals surface area contributed by atoms with Crippen molar-refractivity contribution in [1.82, 2.24) is 9.80 Å². The van der Waals surface area contributed by atoms with Crippen molar-refractivity contribution < 1.29 is 9.57 Å². The highest BCUT2D eigenvalue weighted by Crippen LogP contribution is 2.26. The van der Waals surface area contributed by atoms with Crippen LogP contribution in [0.1, 0.15) is 13.3 Å². The van der Waals surface area contributed by atoms with Crippen molar-refractivity contribution in [3.63, 3.8) is 0 Å². The number of nitrogens with zero attached hydrogens (tertiary/aromatic N) is 3. The molecule has 2 heterocycles. The van der Waals surface area contributed by atoms with Gasteiger partial charge in [-0.1, -0.05) is 41.6 Å². The number of benzene rings is 1. The van der Waals surface area contributed by atoms with Gasteiger partial charge >= 0.3 is 0 Å². The molecule has 0 N–H and O–H groups in total. The highest BCUT2D eigenvalue weighted by Gasteiger charge is 2.37. The van der Waals surface area contributed by atoms with E-state index in [1.165, 1.54) is 0 Å². The number of halogens is 1. The second kappa shape index (κ2) is 8.68. The van der Waals surface area contributed by atoms with Gasteiger partial charge in [0.2, 0.25) is 0 Å². The van der Waals surface area contributed by atoms with Crippen molar-refractivity contribution in [3.8, 4) is 5.75 Å². The molecular formula is C22H28ClN3O2. The van der Waals surface area contributed by atoms with E-state index in [2.05, 4.69) is 46.2 Å². The van der Waals surface area contributed by atoms with Gasteiger partial charge in [0, 0.05) is 39.1 Å². The van der Waals surface area contributed by atoms with Crippen molar-refractivity contribution in [2.75, 3.05) is 38.6 Å². The first-order chi connectivity index (χ1) is 13.6. The number of ether oxygens (including phenoxy) is 1. The third-order valence-electron chi connectivity index (χ3n) is 5.59. The first-order valence-electron chi connectivity index (χ1n) is 9.98. The van der Waals surface area contributed by atoms with Crippen molar-refractivity contribution in [2.45, 2.75) is 31.1 Å². The highest BCUT2D eigenvalue weighted by molar-refractivity contribution is 6.28. The van der Waals surface area contributed by atoms with E-state index in [9.17, 15) is 0 Å². The SMILES string of the molecule is CC1(CN2CCN(C3C=CC=CC3Oc3ccccc3)CC2)CC(CCl)=NO1. The van der Waals surface area contributed by atoms with E-state index >= 15 is 0 Å². The third kappa shape index (κ3) is 4.59. The zero-order chi connectivity index (χ0) is 19.4. The molecule has 0 aromatic heterocycles. The maximum absolute atomic E-state index is 6.25. The van der Waals surface area contributed by atoms with E-state index in [-0.39, 0.29) is 17.7 Å². The summed E-state index contributed by atoms with van der Waals surface area (Å²) < 4.78 is 6.25. The third-order valence-corrected chi connectivity index (χ3v) is 5.89. The van der Waals surface area contributed by atoms with Crippen molar-refractivity contribution in [1.29, 1.82) is 0 Å². The van der Waals surface area contributed by atoms with Gasteiger partial charge in [0.05, 0.1) is 17.6 Å². The van der Waals surface area contributed by atoms with Crippen LogP contribution in [0.3, 0.4) is 0 Å². The van der Waals surface area contributed by atoms with Crippen LogP contribution >= 0.6 is 11.6 Å². The van der Waals surface area contributed by atoms with E-state index in [1.54, 1.807) is 0 Å². The fourth-order valence-electron chi connectivity index (χ4n) is 4.19. The van der Waals surface area contributed by atoms with Gasteiger partial charge in [-0.05, 0) is 25.1 Å². The summed E-state index contributed by atoms with van der Waals surface area (Å²) in [5.74, 6) is 1.37. The molecule has 0 amide bonds. The van der Waals surface area contributed by atoms with Crippen LogP contribution in [0.2, 0.25) is 0 Å². The monoisotopic (exact) mass is 401 g/mol. The van der Waals surface area contributed by atoms with Crippen LogP contribution in [0.4, 0.5) is 0 Å². The van der Waals surface area contributed by atoms with Gasteiger partial charge in [-0.2, -0.15) is 0 Å². The second-order valence-electron chi connectivity index (χ2n) is 7.98. The van der Waals surface area contributed by atoms with E-state index in [0.29, 0.717) is 5.88 Å². The lowest BCUT2D eigenvalue weighted by atomic mass is 9.98. The minimum absolute atomic E-state index is 0.0364. The van der Waals surface area contributed by atoms with Crippen LogP contribution in [0.25, 0.3) is 0 Å². The number of oxime groups is 1. The Hall–Kier alpha value is -1.82. The lowest BCUT2D eigenvalue weighted by Crippen LogP contribution is -2.56. The molecular weight excluding hydrogens is 374 g/mol. The van der Waals surface area contributed by atoms with Crippen LogP contribution in [0.15, 0.2) is 59.8 Å². The summed E-state index contributed by atoms with van der Waals surface area (Å²) >= 11 is 5.90. The van der Waals surface area contributed by atoms with Gasteiger partial charge in [0.1, 0.15) is 11.9 Å². The number of hydrogen-bond donors (Lipinski definition) is 0. The van der Waals surface area contributed by atoms with E-state index < -0.39 is 0 Å². The Balaban J connectivity index is 1.31. The Morgan fingerprint density at radius 3 is 2.61 bits per heavy atom. The molecule has 1 aromatic carbocycles. The largest absolute Gasteiger partial charge is 0.484 e. The standard InChI is InChI=1S/C22H28ClN3O2/c1-22(15-18(16-23)24-28-22)17-25-11-13-26(14-12-25)20-9-5-6-10-21(20)27-19-7-3-2-4-8-19/h2-10,20-21H,11-17H2,1H3. The molecule has 1 fully saturated rings. The minimum atomic E-state index is -0.251. The Morgan fingerprint density at radius 1 is 1.14 bits per heavy atom. The van der Waals surface area contributed by atoms with Gasteiger partial charge < -0.3 is 9.57 Å². The Labute approximate surface area is 172 Å². The molecule has 150 valence electrons. The lowest BCUT2D eigenvalue weighted by molar-refractivity contribution is -0.0404. The second-order valence-corrected chi connectivity index (χ2v) is 8.24. The normalized spacial score (nSPS) is 30.9. The van der Waals surface area contributed by atoms with Crippen molar-refractivity contribution in [3.05, 3.63) is 54.6 Å². The van der Waals surface area contributed by atoms with E-state index in [0.717, 1.165) is 50.6 Å². The smallest absolute Gasteiger partial charge is 0.152 e. The molecule has 0 spiro atoms. The van der Waals surface area contributed by atoms with Gasteiger partial charge in [0.25, 0.3) is 0 Å². The van der Waals surface area contributed by atoms with Crippen LogP contribution in [-0.4, -0.2) is 71.9 Å². The number of alkyl halides is 1. The average Bonchev–Trinajstić information content (AvgIpc) is 3.11. The van der Waals surface area contributed by atoms with Crippen molar-refractivity contribution >= 4 is 17.3 Å². The van der Waals surface area contributed by atoms with Gasteiger partial charge in [-0.25, -0.2) is 0 Å². The summed E-state index contributed by atoms with van der Waals surface area (Å²) in [6.07, 6.45) is 9.47. The first-order valence-corrected chi connectivity index (χ1v) is 10.5. The van der Waals surface area contributed by atoms with Gasteiger partial charge in [-0.3, -0.25) is 9.80 Å². The summed E-state index contributed by atoms with van der Waals surface area (Å²) in [4.78, 5) is 10.7. The molecule has 0 saturated carbocycles. The molecule has 1 aromatic rings. The molecule has 6 heteroatoms. The summed E-state index contributed by atoms with van der Waals surface area (Å²) in [5, 5.41) is 4.13. The summed E-state index contributed by atoms with van der Waals surface area (Å²) in [6, 6.07) is 10.3. The predicted molar refractivity (Wildman–Crippen MR) is 113 cm³/mol. The molecule has 3 atom stereocenters. The lowest BCUT2D eigenvalue weighted by Gasteiger charge is -2.42. The van der Waals surface area contributed by atoms with Crippen LogP contribution < -0.4 is 4.74 Å². The fourth-order valence-corrected chi connectivity index (χ4v) is 4.33. The zero-order valence-electron chi connectivity index (χ0n) is 16.3. The molecule has 0 radical (unpaired) electrons. The Bertz CT molecular complexity index is 743. The first kappa shape index (κ1) is 19.5. The van der Waals surface area contributed by atoms with Crippen LogP contribution in [0, 0.1) is 0 Å². The number of piperazine rings is 1. The number of para-hydroxylation sites is 1. The Kier molecular flexibility index (Phi) is 6.04. The molecule has 3 aliphatic rings. The molecule has 0 bridgehead atoms. The maximum atomic E-state index is 6.25. The van der Waals surface area contributed by atoms with E-state index in [4.69, 9.17) is 21.2 Å². The molecule has 2 aliphatic heterocycles. The quantitative estimate of drug-likeness (QED) is 0.685. The topological polar surface area (TPSA) is 37.3 Å². The zero-order valence-corrected chi connectivity index (χ0v) is 17.1. The summed E-state index contributed by atoms with van der Waals surface area (Å²) in [5.41, 5.74) is 0.696. The highest BCUT2D eigenvalue weighted by atomic mass is 35.5. The number of allylic oxidation sites excluding steroid dienone is 2. The fraction of sp³-hybridized carbons (Fsp3) is 0.500. The van der Waals surface area contributed by atoms with Crippen LogP contribution in [-0.2, 0) is 4.84 Å². The average molecular weight is 402 g/mol. The number of rotatable bonds is 6. The maximum Gasteiger partial charge on any atom is 0.152 e. The van der Waals surface area contributed by atoms with Crippen molar-refractivity contribution in [2.24, 2.45) is 5.16 Å². The molecule has 28 heavy (non-hydrogen) atoms. The number of hydrogen-bond acceptors (Lipinski definition) is 5. The van der Waals surface area contributed by atoms with Gasteiger partial charge in [0.15, 0.2) is 5.60 Å². The molecule has 1 saturated heterocycles. The summed E-state index contributed by atoms with van der Waals surface area (Å²) in [7, 11) is 0. The van der Waals surface area contributed by atoms with Crippen LogP contribution in [0.5, 0.6) is 5.75 Å². The van der Waals surface area contributed by atoms with Gasteiger partial charge in [-0.15, -0.1) is 11.6 Å². The Morgan fingerprint density at radius 2 is 1.89 bits per heavy atom. The molecule has 5 nitrogen and oxygen atoms in total. The molecule has 3 unspecified atom stereocenters. The van der Waals surface area contributed by atoms with E-state index in [1.807, 2.05) is 30.3 Å². The predicted octanol–water partition coefficient (Wildman–Crippen LogP) is 3.32. The summed E-state index contributed by atoms with van der Waals surface area (Å²) in [6.45, 7) is 7.06. The molecule has 1 aliphatic carbocycles. The minimum Gasteiger partial charge on any atom is -0.484 e.